The van der Waals surface area contributed by atoms with E-state index in [0.717, 1.165) is 11.3 Å². The summed E-state index contributed by atoms with van der Waals surface area (Å²) in [6.07, 6.45) is 3.79. The topological polar surface area (TPSA) is 50.2 Å². The van der Waals surface area contributed by atoms with Gasteiger partial charge in [0.2, 0.25) is 0 Å². The molecular formula is C16H22N4O. The Morgan fingerprint density at radius 3 is 2.52 bits per heavy atom. The molecule has 1 N–H and O–H groups in total. The molecule has 0 radical (unpaired) electrons. The highest BCUT2D eigenvalue weighted by molar-refractivity contribution is 5.94. The van der Waals surface area contributed by atoms with E-state index in [1.807, 2.05) is 74.2 Å². The van der Waals surface area contributed by atoms with E-state index in [2.05, 4.69) is 10.4 Å². The Hall–Kier alpha value is -2.30. The van der Waals surface area contributed by atoms with Gasteiger partial charge in [-0.1, -0.05) is 0 Å². The third kappa shape index (κ3) is 3.84. The summed E-state index contributed by atoms with van der Waals surface area (Å²) in [7, 11) is 3.95. The minimum absolute atomic E-state index is 0.0592. The van der Waals surface area contributed by atoms with Crippen LogP contribution >= 0.6 is 0 Å². The van der Waals surface area contributed by atoms with Gasteiger partial charge in [0.05, 0.1) is 12.2 Å². The largest absolute Gasteiger partial charge is 0.378 e. The van der Waals surface area contributed by atoms with Gasteiger partial charge in [0.1, 0.15) is 0 Å². The molecule has 1 unspecified atom stereocenters. The maximum Gasteiger partial charge on any atom is 0.251 e. The van der Waals surface area contributed by atoms with Crippen LogP contribution in [0.2, 0.25) is 0 Å². The van der Waals surface area contributed by atoms with E-state index in [9.17, 15) is 4.79 Å². The second-order valence-electron chi connectivity index (χ2n) is 5.50. The van der Waals surface area contributed by atoms with Crippen LogP contribution in [0.5, 0.6) is 0 Å². The lowest BCUT2D eigenvalue weighted by molar-refractivity contribution is 0.0948. The molecular weight excluding hydrogens is 264 g/mol. The average molecular weight is 286 g/mol. The molecule has 0 bridgehead atoms. The predicted octanol–water partition coefficient (Wildman–Crippen LogP) is 2.25. The van der Waals surface area contributed by atoms with Crippen molar-refractivity contribution in [3.63, 3.8) is 0 Å². The molecule has 0 spiro atoms. The maximum absolute atomic E-state index is 12.1. The highest BCUT2D eigenvalue weighted by Crippen LogP contribution is 2.12. The quantitative estimate of drug-likeness (QED) is 0.917. The maximum atomic E-state index is 12.1. The monoisotopic (exact) mass is 286 g/mol. The third-order valence-corrected chi connectivity index (χ3v) is 3.39. The van der Waals surface area contributed by atoms with Crippen LogP contribution in [0.25, 0.3) is 0 Å². The summed E-state index contributed by atoms with van der Waals surface area (Å²) in [5.41, 5.74) is 2.86. The first kappa shape index (κ1) is 15.1. The molecule has 1 aromatic carbocycles. The molecule has 1 atom stereocenters. The smallest absolute Gasteiger partial charge is 0.251 e. The van der Waals surface area contributed by atoms with Gasteiger partial charge in [0.15, 0.2) is 0 Å². The average Bonchev–Trinajstić information content (AvgIpc) is 2.91. The minimum Gasteiger partial charge on any atom is -0.378 e. The number of rotatable bonds is 5. The normalized spacial score (nSPS) is 12.0. The van der Waals surface area contributed by atoms with Crippen LogP contribution in [-0.2, 0) is 0 Å². The molecule has 21 heavy (non-hydrogen) atoms. The summed E-state index contributed by atoms with van der Waals surface area (Å²) in [5, 5.41) is 7.20. The number of aromatic nitrogens is 2. The minimum atomic E-state index is -0.0592. The summed E-state index contributed by atoms with van der Waals surface area (Å²) in [6, 6.07) is 7.69. The van der Waals surface area contributed by atoms with E-state index in [-0.39, 0.29) is 11.9 Å². The highest BCUT2D eigenvalue weighted by Gasteiger charge is 2.10. The second kappa shape index (κ2) is 6.43. The Morgan fingerprint density at radius 2 is 2.00 bits per heavy atom. The van der Waals surface area contributed by atoms with Gasteiger partial charge < -0.3 is 10.2 Å². The fourth-order valence-corrected chi connectivity index (χ4v) is 2.02. The van der Waals surface area contributed by atoms with Crippen LogP contribution in [0.4, 0.5) is 5.69 Å². The van der Waals surface area contributed by atoms with Crippen LogP contribution in [0.1, 0.15) is 28.9 Å². The lowest BCUT2D eigenvalue weighted by atomic mass is 10.2. The Labute approximate surface area is 125 Å². The molecule has 0 aliphatic rings. The fourth-order valence-electron chi connectivity index (χ4n) is 2.02. The summed E-state index contributed by atoms with van der Waals surface area (Å²) >= 11 is 0. The molecule has 5 nitrogen and oxygen atoms in total. The van der Waals surface area contributed by atoms with Crippen molar-refractivity contribution in [2.75, 3.05) is 25.5 Å². The van der Waals surface area contributed by atoms with E-state index in [0.29, 0.717) is 12.1 Å². The van der Waals surface area contributed by atoms with Crippen LogP contribution in [-0.4, -0.2) is 36.3 Å². The zero-order valence-electron chi connectivity index (χ0n) is 13.0. The number of carbonyl (C=O) groups is 1. The Bertz CT molecular complexity index is 601. The van der Waals surface area contributed by atoms with Gasteiger partial charge in [-0.2, -0.15) is 5.10 Å². The van der Waals surface area contributed by atoms with E-state index in [1.165, 1.54) is 0 Å². The summed E-state index contributed by atoms with van der Waals surface area (Å²) < 4.78 is 1.87. The highest BCUT2D eigenvalue weighted by atomic mass is 16.1. The molecule has 2 aromatic rings. The Kier molecular flexibility index (Phi) is 4.62. The number of carbonyl (C=O) groups excluding carboxylic acids is 1. The van der Waals surface area contributed by atoms with Crippen molar-refractivity contribution in [1.29, 1.82) is 0 Å². The van der Waals surface area contributed by atoms with Gasteiger partial charge in [-0.15, -0.1) is 0 Å². The first-order chi connectivity index (χ1) is 9.97. The molecule has 0 aliphatic heterocycles. The molecule has 0 aliphatic carbocycles. The van der Waals surface area contributed by atoms with Crippen LogP contribution in [0.3, 0.4) is 0 Å². The van der Waals surface area contributed by atoms with Gasteiger partial charge in [-0.3, -0.25) is 9.48 Å². The second-order valence-corrected chi connectivity index (χ2v) is 5.50. The molecule has 1 heterocycles. The summed E-state index contributed by atoms with van der Waals surface area (Å²) in [5.74, 6) is -0.0592. The fraction of sp³-hybridized carbons (Fsp3) is 0.375. The van der Waals surface area contributed by atoms with Crippen molar-refractivity contribution in [2.24, 2.45) is 0 Å². The number of amides is 1. The number of nitrogens with one attached hydrogen (secondary N) is 1. The van der Waals surface area contributed by atoms with Crippen molar-refractivity contribution in [3.8, 4) is 0 Å². The molecule has 5 heteroatoms. The van der Waals surface area contributed by atoms with Gasteiger partial charge in [-0.25, -0.2) is 0 Å². The van der Waals surface area contributed by atoms with Crippen molar-refractivity contribution >= 4 is 11.6 Å². The number of nitrogens with zero attached hydrogens (tertiary/aromatic N) is 3. The van der Waals surface area contributed by atoms with Gasteiger partial charge >= 0.3 is 0 Å². The molecule has 112 valence electrons. The standard InChI is InChI=1S/C16H22N4O/c1-12-9-18-20(11-12)13(2)10-17-16(21)14-5-7-15(8-6-14)19(3)4/h5-9,11,13H,10H2,1-4H3,(H,17,21). The third-order valence-electron chi connectivity index (χ3n) is 3.39. The zero-order chi connectivity index (χ0) is 15.4. The lowest BCUT2D eigenvalue weighted by Gasteiger charge is -2.14. The van der Waals surface area contributed by atoms with Crippen LogP contribution < -0.4 is 10.2 Å². The SMILES string of the molecule is Cc1cnn(C(C)CNC(=O)c2ccc(N(C)C)cc2)c1. The van der Waals surface area contributed by atoms with Gasteiger partial charge in [0, 0.05) is 38.1 Å². The number of hydrogen-bond acceptors (Lipinski definition) is 3. The molecule has 0 fully saturated rings. The van der Waals surface area contributed by atoms with Crippen LogP contribution in [0, 0.1) is 6.92 Å². The molecule has 1 amide bonds. The Balaban J connectivity index is 1.92. The number of hydrogen-bond donors (Lipinski definition) is 1. The number of benzene rings is 1. The molecule has 0 saturated heterocycles. The summed E-state index contributed by atoms with van der Waals surface area (Å²) in [6.45, 7) is 4.58. The lowest BCUT2D eigenvalue weighted by Crippen LogP contribution is -2.29. The molecule has 2 rings (SSSR count). The number of aryl methyl sites for hydroxylation is 1. The van der Waals surface area contributed by atoms with Crippen molar-refractivity contribution < 1.29 is 4.79 Å². The predicted molar refractivity (Wildman–Crippen MR) is 84.8 cm³/mol. The molecule has 1 aromatic heterocycles. The zero-order valence-corrected chi connectivity index (χ0v) is 13.0. The van der Waals surface area contributed by atoms with Gasteiger partial charge in [0.25, 0.3) is 5.91 Å². The van der Waals surface area contributed by atoms with E-state index < -0.39 is 0 Å². The van der Waals surface area contributed by atoms with Crippen molar-refractivity contribution in [3.05, 3.63) is 47.8 Å². The van der Waals surface area contributed by atoms with Crippen LogP contribution in [0.15, 0.2) is 36.7 Å². The van der Waals surface area contributed by atoms with Crippen molar-refractivity contribution in [2.45, 2.75) is 19.9 Å². The summed E-state index contributed by atoms with van der Waals surface area (Å²) in [4.78, 5) is 14.1. The van der Waals surface area contributed by atoms with E-state index in [4.69, 9.17) is 0 Å². The molecule has 0 saturated carbocycles. The first-order valence-corrected chi connectivity index (χ1v) is 7.03. The number of anilines is 1. The first-order valence-electron chi connectivity index (χ1n) is 7.03. The Morgan fingerprint density at radius 1 is 1.33 bits per heavy atom. The van der Waals surface area contributed by atoms with Gasteiger partial charge in [-0.05, 0) is 43.7 Å². The van der Waals surface area contributed by atoms with Crippen molar-refractivity contribution in [1.82, 2.24) is 15.1 Å². The van der Waals surface area contributed by atoms with E-state index >= 15 is 0 Å². The van der Waals surface area contributed by atoms with E-state index in [1.54, 1.807) is 0 Å².